The molecule has 1 heterocycles. The molecule has 3 nitrogen and oxygen atoms in total. The first-order valence-electron chi connectivity index (χ1n) is 5.90. The summed E-state index contributed by atoms with van der Waals surface area (Å²) < 4.78 is 1.74. The lowest BCUT2D eigenvalue weighted by molar-refractivity contribution is 0.0995. The molecule has 5 heteroatoms. The zero-order valence-corrected chi connectivity index (χ0v) is 12.0. The Hall–Kier alpha value is -1.84. The quantitative estimate of drug-likeness (QED) is 0.800. The standard InChI is InChI=1S/C15H9Cl2NO2/c1-18-7-10-12(19)4-5-13(20)14(10)15(18)9-3-2-8(16)6-11(9)17/h2-7H,1H3. The summed E-state index contributed by atoms with van der Waals surface area (Å²) >= 11 is 12.1. The molecule has 0 saturated heterocycles. The minimum Gasteiger partial charge on any atom is -0.349 e. The van der Waals surface area contributed by atoms with Crippen LogP contribution >= 0.6 is 23.2 Å². The monoisotopic (exact) mass is 305 g/mol. The Labute approximate surface area is 125 Å². The van der Waals surface area contributed by atoms with Crippen LogP contribution in [0.3, 0.4) is 0 Å². The molecule has 2 aromatic rings. The van der Waals surface area contributed by atoms with Crippen molar-refractivity contribution in [1.29, 1.82) is 0 Å². The molecule has 0 radical (unpaired) electrons. The van der Waals surface area contributed by atoms with Gasteiger partial charge < -0.3 is 4.57 Å². The zero-order chi connectivity index (χ0) is 14.4. The third-order valence-corrected chi connectivity index (χ3v) is 3.81. The van der Waals surface area contributed by atoms with E-state index < -0.39 is 0 Å². The topological polar surface area (TPSA) is 39.1 Å². The van der Waals surface area contributed by atoms with E-state index in [0.717, 1.165) is 0 Å². The number of carbonyl (C=O) groups is 2. The average molecular weight is 306 g/mol. The molecule has 100 valence electrons. The van der Waals surface area contributed by atoms with Gasteiger partial charge in [-0.1, -0.05) is 23.2 Å². The molecule has 1 aromatic carbocycles. The molecule has 3 rings (SSSR count). The number of hydrogen-bond acceptors (Lipinski definition) is 2. The largest absolute Gasteiger partial charge is 0.349 e. The number of carbonyl (C=O) groups excluding carboxylic acids is 2. The molecule has 0 bridgehead atoms. The van der Waals surface area contributed by atoms with Crippen molar-refractivity contribution < 1.29 is 9.59 Å². The van der Waals surface area contributed by atoms with Gasteiger partial charge in [0.25, 0.3) is 0 Å². The van der Waals surface area contributed by atoms with Crippen LogP contribution in [0.15, 0.2) is 36.5 Å². The van der Waals surface area contributed by atoms with Crippen LogP contribution in [-0.4, -0.2) is 16.1 Å². The maximum atomic E-state index is 12.1. The SMILES string of the molecule is Cn1cc2c(c1-c1ccc(Cl)cc1Cl)C(=O)C=CC2=O. The number of aryl methyl sites for hydroxylation is 1. The smallest absolute Gasteiger partial charge is 0.188 e. The molecule has 0 unspecified atom stereocenters. The van der Waals surface area contributed by atoms with E-state index in [0.29, 0.717) is 32.4 Å². The van der Waals surface area contributed by atoms with Crippen molar-refractivity contribution in [3.05, 3.63) is 57.7 Å². The predicted octanol–water partition coefficient (Wildman–Crippen LogP) is 3.93. The average Bonchev–Trinajstić information content (AvgIpc) is 2.73. The Morgan fingerprint density at radius 3 is 2.40 bits per heavy atom. The summed E-state index contributed by atoms with van der Waals surface area (Å²) in [6.07, 6.45) is 4.23. The van der Waals surface area contributed by atoms with Crippen LogP contribution in [0.4, 0.5) is 0 Å². The normalized spacial score (nSPS) is 13.8. The lowest BCUT2D eigenvalue weighted by Crippen LogP contribution is -2.09. The van der Waals surface area contributed by atoms with Crippen molar-refractivity contribution in [3.8, 4) is 11.3 Å². The summed E-state index contributed by atoms with van der Waals surface area (Å²) in [6.45, 7) is 0. The molecular weight excluding hydrogens is 297 g/mol. The van der Waals surface area contributed by atoms with Gasteiger partial charge in [-0.15, -0.1) is 0 Å². The fourth-order valence-corrected chi connectivity index (χ4v) is 2.89. The van der Waals surface area contributed by atoms with Crippen molar-refractivity contribution in [2.45, 2.75) is 0 Å². The third kappa shape index (κ3) is 1.90. The number of fused-ring (bicyclic) bond motifs is 1. The first kappa shape index (κ1) is 13.2. The van der Waals surface area contributed by atoms with Gasteiger partial charge in [-0.3, -0.25) is 9.59 Å². The Morgan fingerprint density at radius 1 is 1.00 bits per heavy atom. The maximum absolute atomic E-state index is 12.1. The van der Waals surface area contributed by atoms with Gasteiger partial charge in [0, 0.05) is 23.8 Å². The second-order valence-electron chi connectivity index (χ2n) is 4.56. The van der Waals surface area contributed by atoms with E-state index in [-0.39, 0.29) is 11.6 Å². The van der Waals surface area contributed by atoms with Crippen molar-refractivity contribution in [2.24, 2.45) is 7.05 Å². The van der Waals surface area contributed by atoms with Gasteiger partial charge in [-0.25, -0.2) is 0 Å². The van der Waals surface area contributed by atoms with Crippen LogP contribution in [0.5, 0.6) is 0 Å². The van der Waals surface area contributed by atoms with Crippen LogP contribution < -0.4 is 0 Å². The van der Waals surface area contributed by atoms with E-state index in [9.17, 15) is 9.59 Å². The summed E-state index contributed by atoms with van der Waals surface area (Å²) in [4.78, 5) is 24.0. The minimum absolute atomic E-state index is 0.175. The first-order valence-corrected chi connectivity index (χ1v) is 6.66. The van der Waals surface area contributed by atoms with Gasteiger partial charge in [0.2, 0.25) is 0 Å². The lowest BCUT2D eigenvalue weighted by Gasteiger charge is -2.10. The summed E-state index contributed by atoms with van der Waals surface area (Å²) in [5, 5.41) is 0.959. The minimum atomic E-state index is -0.193. The number of halogens is 2. The fourth-order valence-electron chi connectivity index (χ4n) is 2.39. The molecule has 0 saturated carbocycles. The molecule has 0 amide bonds. The van der Waals surface area contributed by atoms with Crippen LogP contribution in [0.2, 0.25) is 10.0 Å². The Morgan fingerprint density at radius 2 is 1.70 bits per heavy atom. The highest BCUT2D eigenvalue weighted by Crippen LogP contribution is 2.36. The molecular formula is C15H9Cl2NO2. The van der Waals surface area contributed by atoms with Gasteiger partial charge in [-0.2, -0.15) is 0 Å². The van der Waals surface area contributed by atoms with Crippen LogP contribution in [0.1, 0.15) is 20.7 Å². The number of allylic oxidation sites excluding steroid dienone is 2. The molecule has 0 N–H and O–H groups in total. The summed E-state index contributed by atoms with van der Waals surface area (Å²) in [5.74, 6) is -0.368. The van der Waals surface area contributed by atoms with Crippen LogP contribution in [0.25, 0.3) is 11.3 Å². The Bertz CT molecular complexity index is 787. The van der Waals surface area contributed by atoms with Gasteiger partial charge in [0.15, 0.2) is 11.6 Å². The van der Waals surface area contributed by atoms with Gasteiger partial charge >= 0.3 is 0 Å². The fraction of sp³-hybridized carbons (Fsp3) is 0.0667. The van der Waals surface area contributed by atoms with Crippen molar-refractivity contribution in [1.82, 2.24) is 4.57 Å². The molecule has 0 aliphatic heterocycles. The molecule has 1 aliphatic carbocycles. The maximum Gasteiger partial charge on any atom is 0.188 e. The van der Waals surface area contributed by atoms with Gasteiger partial charge in [0.1, 0.15) is 0 Å². The second kappa shape index (κ2) is 4.62. The number of benzene rings is 1. The highest BCUT2D eigenvalue weighted by atomic mass is 35.5. The number of rotatable bonds is 1. The van der Waals surface area contributed by atoms with Crippen LogP contribution in [-0.2, 0) is 7.05 Å². The van der Waals surface area contributed by atoms with Crippen molar-refractivity contribution in [2.75, 3.05) is 0 Å². The summed E-state index contributed by atoms with van der Waals surface area (Å²) in [6, 6.07) is 5.06. The molecule has 1 aliphatic rings. The Kier molecular flexibility index (Phi) is 3.04. The van der Waals surface area contributed by atoms with Gasteiger partial charge in [-0.05, 0) is 30.4 Å². The molecule has 20 heavy (non-hydrogen) atoms. The Balaban J connectivity index is 2.31. The lowest BCUT2D eigenvalue weighted by atomic mass is 9.95. The third-order valence-electron chi connectivity index (χ3n) is 3.27. The van der Waals surface area contributed by atoms with Crippen LogP contribution in [0, 0.1) is 0 Å². The number of aromatic nitrogens is 1. The summed E-state index contributed by atoms with van der Waals surface area (Å²) in [5.41, 5.74) is 2.10. The van der Waals surface area contributed by atoms with E-state index in [1.807, 2.05) is 0 Å². The molecule has 0 atom stereocenters. The van der Waals surface area contributed by atoms with Crippen molar-refractivity contribution in [3.63, 3.8) is 0 Å². The van der Waals surface area contributed by atoms with Gasteiger partial charge in [0.05, 0.1) is 21.8 Å². The van der Waals surface area contributed by atoms with Crippen molar-refractivity contribution >= 4 is 34.8 Å². The van der Waals surface area contributed by atoms with E-state index >= 15 is 0 Å². The van der Waals surface area contributed by atoms with E-state index in [1.54, 1.807) is 36.0 Å². The molecule has 0 spiro atoms. The second-order valence-corrected chi connectivity index (χ2v) is 5.41. The highest BCUT2D eigenvalue weighted by molar-refractivity contribution is 6.37. The number of ketones is 2. The summed E-state index contributed by atoms with van der Waals surface area (Å²) in [7, 11) is 1.78. The highest BCUT2D eigenvalue weighted by Gasteiger charge is 2.27. The zero-order valence-electron chi connectivity index (χ0n) is 10.5. The number of nitrogens with zero attached hydrogens (tertiary/aromatic N) is 1. The number of hydrogen-bond donors (Lipinski definition) is 0. The first-order chi connectivity index (χ1) is 9.49. The van der Waals surface area contributed by atoms with E-state index in [4.69, 9.17) is 23.2 Å². The van der Waals surface area contributed by atoms with E-state index in [2.05, 4.69) is 0 Å². The molecule has 0 fully saturated rings. The predicted molar refractivity (Wildman–Crippen MR) is 78.7 cm³/mol. The van der Waals surface area contributed by atoms with E-state index in [1.165, 1.54) is 12.2 Å². The molecule has 1 aromatic heterocycles.